The minimum atomic E-state index is -1.47. The number of carbonyl (C=O) groups is 2. The van der Waals surface area contributed by atoms with Gasteiger partial charge in [-0.05, 0) is 12.3 Å². The summed E-state index contributed by atoms with van der Waals surface area (Å²) in [5, 5.41) is 17.4. The van der Waals surface area contributed by atoms with Crippen molar-refractivity contribution in [3.8, 4) is 0 Å². The van der Waals surface area contributed by atoms with Crippen LogP contribution in [0.2, 0.25) is 0 Å². The van der Waals surface area contributed by atoms with Crippen LogP contribution in [0.25, 0.3) is 0 Å². The van der Waals surface area contributed by atoms with Crippen LogP contribution in [0, 0.1) is 11.8 Å². The maximum absolute atomic E-state index is 10.7. The van der Waals surface area contributed by atoms with Crippen molar-refractivity contribution in [1.29, 1.82) is 0 Å². The van der Waals surface area contributed by atoms with Gasteiger partial charge in [0.2, 0.25) is 0 Å². The highest BCUT2D eigenvalue weighted by atomic mass is 16.5. The van der Waals surface area contributed by atoms with Gasteiger partial charge in [0.1, 0.15) is 12.4 Å². The van der Waals surface area contributed by atoms with Crippen LogP contribution in [0.15, 0.2) is 0 Å². The van der Waals surface area contributed by atoms with Gasteiger partial charge in [-0.3, -0.25) is 10.0 Å². The van der Waals surface area contributed by atoms with Gasteiger partial charge in [-0.2, -0.15) is 0 Å². The second-order valence-corrected chi connectivity index (χ2v) is 3.35. The molecular weight excluding hydrogens is 174 g/mol. The van der Waals surface area contributed by atoms with Gasteiger partial charge >= 0.3 is 0 Å². The summed E-state index contributed by atoms with van der Waals surface area (Å²) >= 11 is 0. The van der Waals surface area contributed by atoms with Crippen LogP contribution in [0.3, 0.4) is 0 Å². The molecule has 0 aromatic carbocycles. The van der Waals surface area contributed by atoms with E-state index in [0.29, 0.717) is 12.7 Å². The number of hydroxylamine groups is 1. The largest absolute Gasteiger partial charge is 0.382 e. The first-order valence-corrected chi connectivity index (χ1v) is 4.10. The first kappa shape index (κ1) is 12.1. The second-order valence-electron chi connectivity index (χ2n) is 3.35. The van der Waals surface area contributed by atoms with Gasteiger partial charge in [0.15, 0.2) is 0 Å². The number of nitrogens with one attached hydrogen (secondary N) is 1. The number of amides is 1. The molecule has 5 nitrogen and oxygen atoms in total. The zero-order valence-electron chi connectivity index (χ0n) is 7.73. The minimum absolute atomic E-state index is 0.205. The first-order valence-electron chi connectivity index (χ1n) is 4.10. The maximum atomic E-state index is 10.7. The summed E-state index contributed by atoms with van der Waals surface area (Å²) in [6.45, 7) is 3.75. The zero-order valence-corrected chi connectivity index (χ0v) is 7.73. The second kappa shape index (κ2) is 5.66. The standard InChI is InChI=1S/C8H15NO4/c1-5(2)3-6(4-10)7(11)8(12)9-13/h4-7,11,13H,3H2,1-2H3,(H,9,12)/t6-,7-/m0/s1. The van der Waals surface area contributed by atoms with Gasteiger partial charge in [-0.1, -0.05) is 13.8 Å². The highest BCUT2D eigenvalue weighted by Gasteiger charge is 2.25. The molecule has 0 rings (SSSR count). The van der Waals surface area contributed by atoms with Crippen molar-refractivity contribution >= 4 is 12.2 Å². The third kappa shape index (κ3) is 4.00. The fraction of sp³-hybridized carbons (Fsp3) is 0.750. The van der Waals surface area contributed by atoms with E-state index in [2.05, 4.69) is 0 Å². The average molecular weight is 189 g/mol. The Morgan fingerprint density at radius 1 is 1.54 bits per heavy atom. The predicted octanol–water partition coefficient (Wildman–Crippen LogP) is -0.286. The molecule has 0 heterocycles. The van der Waals surface area contributed by atoms with Crippen molar-refractivity contribution in [3.05, 3.63) is 0 Å². The molecule has 76 valence electrons. The van der Waals surface area contributed by atoms with Gasteiger partial charge < -0.3 is 9.90 Å². The van der Waals surface area contributed by atoms with Gasteiger partial charge in [0, 0.05) is 5.92 Å². The fourth-order valence-electron chi connectivity index (χ4n) is 1.06. The van der Waals surface area contributed by atoms with Crippen molar-refractivity contribution in [2.75, 3.05) is 0 Å². The molecule has 0 aromatic heterocycles. The van der Waals surface area contributed by atoms with E-state index in [4.69, 9.17) is 5.21 Å². The Hall–Kier alpha value is -0.940. The number of hydrogen-bond acceptors (Lipinski definition) is 4. The van der Waals surface area contributed by atoms with E-state index in [9.17, 15) is 14.7 Å². The topological polar surface area (TPSA) is 86.6 Å². The van der Waals surface area contributed by atoms with Gasteiger partial charge in [0.25, 0.3) is 5.91 Å². The van der Waals surface area contributed by atoms with Crippen LogP contribution in [0.5, 0.6) is 0 Å². The molecule has 3 N–H and O–H groups in total. The lowest BCUT2D eigenvalue weighted by Gasteiger charge is -2.17. The molecule has 0 aliphatic rings. The predicted molar refractivity (Wildman–Crippen MR) is 44.9 cm³/mol. The number of hydrogen-bond donors (Lipinski definition) is 3. The van der Waals surface area contributed by atoms with Gasteiger partial charge in [-0.25, -0.2) is 5.48 Å². The molecule has 0 aliphatic carbocycles. The van der Waals surface area contributed by atoms with Crippen LogP contribution in [-0.4, -0.2) is 28.6 Å². The molecule has 2 atom stereocenters. The highest BCUT2D eigenvalue weighted by molar-refractivity contribution is 5.82. The van der Waals surface area contributed by atoms with Crippen LogP contribution in [0.1, 0.15) is 20.3 Å². The third-order valence-corrected chi connectivity index (χ3v) is 1.70. The van der Waals surface area contributed by atoms with E-state index in [1.165, 1.54) is 5.48 Å². The monoisotopic (exact) mass is 189 g/mol. The van der Waals surface area contributed by atoms with E-state index < -0.39 is 17.9 Å². The molecule has 5 heteroatoms. The van der Waals surface area contributed by atoms with Crippen LogP contribution < -0.4 is 5.48 Å². The summed E-state index contributed by atoms with van der Waals surface area (Å²) < 4.78 is 0. The Morgan fingerprint density at radius 2 is 2.08 bits per heavy atom. The van der Waals surface area contributed by atoms with E-state index in [1.54, 1.807) is 0 Å². The summed E-state index contributed by atoms with van der Waals surface area (Å²) in [5.41, 5.74) is 1.30. The Morgan fingerprint density at radius 3 is 2.38 bits per heavy atom. The summed E-state index contributed by atoms with van der Waals surface area (Å²) in [6, 6.07) is 0. The summed E-state index contributed by atoms with van der Waals surface area (Å²) in [5.74, 6) is -1.50. The summed E-state index contributed by atoms with van der Waals surface area (Å²) in [6.07, 6.45) is -0.525. The minimum Gasteiger partial charge on any atom is -0.382 e. The third-order valence-electron chi connectivity index (χ3n) is 1.70. The molecule has 0 bridgehead atoms. The molecule has 0 aromatic rings. The summed E-state index contributed by atoms with van der Waals surface area (Å²) in [7, 11) is 0. The maximum Gasteiger partial charge on any atom is 0.272 e. The van der Waals surface area contributed by atoms with Gasteiger partial charge in [0.05, 0.1) is 0 Å². The number of carbonyl (C=O) groups excluding carboxylic acids is 2. The molecule has 0 saturated heterocycles. The molecule has 1 amide bonds. The molecule has 0 unspecified atom stereocenters. The Balaban J connectivity index is 4.22. The van der Waals surface area contributed by atoms with E-state index in [0.717, 1.165) is 0 Å². The van der Waals surface area contributed by atoms with Crippen molar-refractivity contribution in [3.63, 3.8) is 0 Å². The molecule has 13 heavy (non-hydrogen) atoms. The summed E-state index contributed by atoms with van der Waals surface area (Å²) in [4.78, 5) is 21.2. The normalized spacial score (nSPS) is 15.2. The number of aldehydes is 1. The first-order chi connectivity index (χ1) is 6.02. The zero-order chi connectivity index (χ0) is 10.4. The SMILES string of the molecule is CC(C)C[C@@H](C=O)[C@H](O)C(=O)NO. The molecule has 0 aliphatic heterocycles. The Bertz CT molecular complexity index is 181. The fourth-order valence-corrected chi connectivity index (χ4v) is 1.06. The quantitative estimate of drug-likeness (QED) is 0.315. The van der Waals surface area contributed by atoms with Crippen molar-refractivity contribution in [2.24, 2.45) is 11.8 Å². The van der Waals surface area contributed by atoms with Crippen LogP contribution >= 0.6 is 0 Å². The lowest BCUT2D eigenvalue weighted by atomic mass is 9.93. The lowest BCUT2D eigenvalue weighted by Crippen LogP contribution is -2.38. The Kier molecular flexibility index (Phi) is 5.25. The van der Waals surface area contributed by atoms with Crippen LogP contribution in [0.4, 0.5) is 0 Å². The van der Waals surface area contributed by atoms with Gasteiger partial charge in [-0.15, -0.1) is 0 Å². The molecule has 0 radical (unpaired) electrons. The molecule has 0 fully saturated rings. The van der Waals surface area contributed by atoms with Crippen LogP contribution in [-0.2, 0) is 9.59 Å². The van der Waals surface area contributed by atoms with E-state index in [-0.39, 0.29) is 5.92 Å². The van der Waals surface area contributed by atoms with Crippen molar-refractivity contribution < 1.29 is 19.9 Å². The number of rotatable bonds is 5. The number of aliphatic hydroxyl groups is 1. The van der Waals surface area contributed by atoms with Crippen molar-refractivity contribution in [2.45, 2.75) is 26.4 Å². The molecule has 0 spiro atoms. The lowest BCUT2D eigenvalue weighted by molar-refractivity contribution is -0.143. The van der Waals surface area contributed by atoms with E-state index >= 15 is 0 Å². The number of aliphatic hydroxyl groups excluding tert-OH is 1. The molecule has 0 saturated carbocycles. The van der Waals surface area contributed by atoms with E-state index in [1.807, 2.05) is 13.8 Å². The highest BCUT2D eigenvalue weighted by Crippen LogP contribution is 2.13. The smallest absolute Gasteiger partial charge is 0.272 e. The van der Waals surface area contributed by atoms with Crippen molar-refractivity contribution in [1.82, 2.24) is 5.48 Å². The Labute approximate surface area is 76.7 Å². The molecular formula is C8H15NO4. The average Bonchev–Trinajstić information content (AvgIpc) is 2.11.